The summed E-state index contributed by atoms with van der Waals surface area (Å²) in [5.41, 5.74) is 6.37. The SMILES string of the molecule is CN(c1cccc(N)c1[N+](=O)[O-])C1CCOC1. The standard InChI is InChI=1S/C11H15N3O3/c1-13(8-5-6-17-7-8)10-4-2-3-9(12)11(10)14(15)16/h2-4,8H,5-7,12H2,1H3. The molecule has 0 aliphatic carbocycles. The molecule has 1 fully saturated rings. The summed E-state index contributed by atoms with van der Waals surface area (Å²) in [7, 11) is 1.83. The number of nitro benzene ring substituents is 1. The molecule has 1 saturated heterocycles. The largest absolute Gasteiger partial charge is 0.393 e. The molecule has 0 amide bonds. The Balaban J connectivity index is 2.36. The van der Waals surface area contributed by atoms with Gasteiger partial charge in [-0.3, -0.25) is 10.1 Å². The van der Waals surface area contributed by atoms with E-state index in [2.05, 4.69) is 0 Å². The lowest BCUT2D eigenvalue weighted by atomic mass is 10.1. The molecule has 2 rings (SSSR count). The van der Waals surface area contributed by atoms with Gasteiger partial charge >= 0.3 is 5.69 Å². The molecule has 0 bridgehead atoms. The number of benzene rings is 1. The summed E-state index contributed by atoms with van der Waals surface area (Å²) in [6.45, 7) is 1.30. The van der Waals surface area contributed by atoms with E-state index in [1.165, 1.54) is 0 Å². The maximum atomic E-state index is 11.0. The van der Waals surface area contributed by atoms with E-state index >= 15 is 0 Å². The third-order valence-corrected chi connectivity index (χ3v) is 3.06. The Labute approximate surface area is 99.1 Å². The Kier molecular flexibility index (Phi) is 3.14. The molecule has 0 radical (unpaired) electrons. The number of hydrogen-bond acceptors (Lipinski definition) is 5. The van der Waals surface area contributed by atoms with E-state index in [1.54, 1.807) is 18.2 Å². The first-order chi connectivity index (χ1) is 8.11. The number of nitro groups is 1. The lowest BCUT2D eigenvalue weighted by molar-refractivity contribution is -0.383. The van der Waals surface area contributed by atoms with Crippen molar-refractivity contribution in [3.63, 3.8) is 0 Å². The second kappa shape index (κ2) is 4.58. The predicted molar refractivity (Wildman–Crippen MR) is 65.1 cm³/mol. The smallest absolute Gasteiger partial charge is 0.315 e. The molecular weight excluding hydrogens is 222 g/mol. The summed E-state index contributed by atoms with van der Waals surface area (Å²) in [5, 5.41) is 11.0. The van der Waals surface area contributed by atoms with Gasteiger partial charge in [0.1, 0.15) is 11.4 Å². The number of nitrogens with two attached hydrogens (primary N) is 1. The van der Waals surface area contributed by atoms with Crippen molar-refractivity contribution < 1.29 is 9.66 Å². The Hall–Kier alpha value is -1.82. The lowest BCUT2D eigenvalue weighted by Gasteiger charge is -2.25. The fraction of sp³-hybridized carbons (Fsp3) is 0.455. The van der Waals surface area contributed by atoms with Crippen molar-refractivity contribution in [3.8, 4) is 0 Å². The van der Waals surface area contributed by atoms with Crippen LogP contribution in [0.4, 0.5) is 17.1 Å². The van der Waals surface area contributed by atoms with Crippen LogP contribution in [0.1, 0.15) is 6.42 Å². The van der Waals surface area contributed by atoms with Gasteiger partial charge in [0.15, 0.2) is 0 Å². The highest BCUT2D eigenvalue weighted by Crippen LogP contribution is 2.34. The van der Waals surface area contributed by atoms with Crippen molar-refractivity contribution in [2.75, 3.05) is 30.9 Å². The summed E-state index contributed by atoms with van der Waals surface area (Å²) in [4.78, 5) is 12.5. The second-order valence-corrected chi connectivity index (χ2v) is 4.10. The van der Waals surface area contributed by atoms with Crippen LogP contribution in [0.15, 0.2) is 18.2 Å². The Morgan fingerprint density at radius 1 is 1.59 bits per heavy atom. The van der Waals surface area contributed by atoms with Crippen molar-refractivity contribution in [3.05, 3.63) is 28.3 Å². The molecule has 6 nitrogen and oxygen atoms in total. The highest BCUT2D eigenvalue weighted by molar-refractivity contribution is 5.75. The molecule has 1 aromatic carbocycles. The van der Waals surface area contributed by atoms with E-state index in [9.17, 15) is 10.1 Å². The van der Waals surface area contributed by atoms with Crippen molar-refractivity contribution >= 4 is 17.1 Å². The highest BCUT2D eigenvalue weighted by atomic mass is 16.6. The van der Waals surface area contributed by atoms with Gasteiger partial charge in [-0.15, -0.1) is 0 Å². The third kappa shape index (κ3) is 2.16. The molecule has 92 valence electrons. The Morgan fingerprint density at radius 2 is 2.35 bits per heavy atom. The minimum Gasteiger partial charge on any atom is -0.393 e. The van der Waals surface area contributed by atoms with E-state index in [0.717, 1.165) is 6.42 Å². The molecule has 6 heteroatoms. The first-order valence-corrected chi connectivity index (χ1v) is 5.44. The zero-order valence-electron chi connectivity index (χ0n) is 9.63. The lowest BCUT2D eigenvalue weighted by Crippen LogP contribution is -2.32. The Bertz CT molecular complexity index is 430. The van der Waals surface area contributed by atoms with Gasteiger partial charge in [0, 0.05) is 13.7 Å². The van der Waals surface area contributed by atoms with E-state index in [0.29, 0.717) is 18.9 Å². The van der Waals surface area contributed by atoms with Gasteiger partial charge in [0.05, 0.1) is 17.6 Å². The monoisotopic (exact) mass is 237 g/mol. The minimum absolute atomic E-state index is 0.0260. The van der Waals surface area contributed by atoms with E-state index < -0.39 is 4.92 Å². The van der Waals surface area contributed by atoms with E-state index in [1.807, 2.05) is 11.9 Å². The number of hydrogen-bond donors (Lipinski definition) is 1. The van der Waals surface area contributed by atoms with Crippen LogP contribution in [0.25, 0.3) is 0 Å². The van der Waals surface area contributed by atoms with Gasteiger partial charge in [-0.05, 0) is 18.6 Å². The molecule has 0 aromatic heterocycles. The molecule has 1 unspecified atom stereocenters. The van der Waals surface area contributed by atoms with Crippen LogP contribution >= 0.6 is 0 Å². The number of para-hydroxylation sites is 1. The molecule has 0 spiro atoms. The summed E-state index contributed by atoms with van der Waals surface area (Å²) >= 11 is 0. The van der Waals surface area contributed by atoms with Gasteiger partial charge in [-0.1, -0.05) is 6.07 Å². The fourth-order valence-electron chi connectivity index (χ4n) is 2.06. The van der Waals surface area contributed by atoms with Gasteiger partial charge in [-0.2, -0.15) is 0 Å². The quantitative estimate of drug-likeness (QED) is 0.488. The van der Waals surface area contributed by atoms with Crippen molar-refractivity contribution in [1.82, 2.24) is 0 Å². The van der Waals surface area contributed by atoms with Crippen LogP contribution in [-0.4, -0.2) is 31.2 Å². The average Bonchev–Trinajstić information content (AvgIpc) is 2.80. The minimum atomic E-state index is -0.434. The maximum Gasteiger partial charge on any atom is 0.315 e. The fourth-order valence-corrected chi connectivity index (χ4v) is 2.06. The summed E-state index contributed by atoms with van der Waals surface area (Å²) < 4.78 is 5.29. The van der Waals surface area contributed by atoms with E-state index in [-0.39, 0.29) is 17.4 Å². The Morgan fingerprint density at radius 3 is 2.94 bits per heavy atom. The third-order valence-electron chi connectivity index (χ3n) is 3.06. The van der Waals surface area contributed by atoms with Crippen LogP contribution < -0.4 is 10.6 Å². The molecule has 1 heterocycles. The predicted octanol–water partition coefficient (Wildman–Crippen LogP) is 1.40. The normalized spacial score (nSPS) is 19.2. The molecule has 2 N–H and O–H groups in total. The number of nitrogens with zero attached hydrogens (tertiary/aromatic N) is 2. The van der Waals surface area contributed by atoms with Crippen molar-refractivity contribution in [2.45, 2.75) is 12.5 Å². The van der Waals surface area contributed by atoms with Gasteiger partial charge in [-0.25, -0.2) is 0 Å². The topological polar surface area (TPSA) is 81.6 Å². The van der Waals surface area contributed by atoms with Crippen LogP contribution in [0.2, 0.25) is 0 Å². The summed E-state index contributed by atoms with van der Waals surface area (Å²) in [6, 6.07) is 5.16. The van der Waals surface area contributed by atoms with Crippen molar-refractivity contribution in [1.29, 1.82) is 0 Å². The van der Waals surface area contributed by atoms with Crippen LogP contribution in [-0.2, 0) is 4.74 Å². The second-order valence-electron chi connectivity index (χ2n) is 4.10. The molecule has 0 saturated carbocycles. The van der Waals surface area contributed by atoms with Gasteiger partial charge < -0.3 is 15.4 Å². The zero-order valence-corrected chi connectivity index (χ0v) is 9.63. The van der Waals surface area contributed by atoms with Crippen LogP contribution in [0, 0.1) is 10.1 Å². The number of rotatable bonds is 3. The first-order valence-electron chi connectivity index (χ1n) is 5.44. The molecule has 17 heavy (non-hydrogen) atoms. The van der Waals surface area contributed by atoms with E-state index in [4.69, 9.17) is 10.5 Å². The molecule has 1 aliphatic heterocycles. The first kappa shape index (κ1) is 11.7. The molecule has 1 aliphatic rings. The number of nitrogen functional groups attached to an aromatic ring is 1. The molecular formula is C11H15N3O3. The van der Waals surface area contributed by atoms with Crippen LogP contribution in [0.5, 0.6) is 0 Å². The van der Waals surface area contributed by atoms with Gasteiger partial charge in [0.25, 0.3) is 0 Å². The zero-order chi connectivity index (χ0) is 12.4. The number of ether oxygens (including phenoxy) is 1. The number of anilines is 2. The molecule has 1 atom stereocenters. The van der Waals surface area contributed by atoms with Crippen molar-refractivity contribution in [2.24, 2.45) is 0 Å². The van der Waals surface area contributed by atoms with Crippen LogP contribution in [0.3, 0.4) is 0 Å². The van der Waals surface area contributed by atoms with Gasteiger partial charge in [0.2, 0.25) is 0 Å². The maximum absolute atomic E-state index is 11.0. The summed E-state index contributed by atoms with van der Waals surface area (Å²) in [5.74, 6) is 0. The summed E-state index contributed by atoms with van der Waals surface area (Å²) in [6.07, 6.45) is 0.877. The number of likely N-dealkylation sites (N-methyl/N-ethyl adjacent to an activating group) is 1. The average molecular weight is 237 g/mol. The molecule has 1 aromatic rings. The highest BCUT2D eigenvalue weighted by Gasteiger charge is 2.27.